The monoisotopic (exact) mass is 485 g/mol. The lowest BCUT2D eigenvalue weighted by atomic mass is 10.1. The minimum Gasteiger partial charge on any atom is -0.357 e. The van der Waals surface area contributed by atoms with Crippen molar-refractivity contribution in [2.45, 2.75) is 25.8 Å². The Balaban J connectivity index is 0.00000243. The maximum absolute atomic E-state index is 4.67. The fourth-order valence-corrected chi connectivity index (χ4v) is 3.64. The molecule has 5 nitrogen and oxygen atoms in total. The zero-order valence-electron chi connectivity index (χ0n) is 15.6. The van der Waals surface area contributed by atoms with Crippen molar-refractivity contribution in [2.24, 2.45) is 10.9 Å². The molecule has 2 atom stereocenters. The Morgan fingerprint density at radius 2 is 2.04 bits per heavy atom. The van der Waals surface area contributed by atoms with Gasteiger partial charge in [0.05, 0.1) is 12.2 Å². The Kier molecular flexibility index (Phi) is 8.15. The number of guanidine groups is 1. The van der Waals surface area contributed by atoms with Gasteiger partial charge in [0.15, 0.2) is 11.1 Å². The lowest BCUT2D eigenvalue weighted by molar-refractivity contribution is 0.720. The lowest BCUT2D eigenvalue weighted by Crippen LogP contribution is -2.38. The van der Waals surface area contributed by atoms with Crippen LogP contribution in [-0.4, -0.2) is 38.1 Å². The second-order valence-corrected chi connectivity index (χ2v) is 7.44. The van der Waals surface area contributed by atoms with Gasteiger partial charge in [-0.15, -0.1) is 35.3 Å². The van der Waals surface area contributed by atoms with Gasteiger partial charge in [-0.05, 0) is 30.7 Å². The summed E-state index contributed by atoms with van der Waals surface area (Å²) in [6, 6.07) is 10.8. The third kappa shape index (κ3) is 5.84. The largest absolute Gasteiger partial charge is 0.357 e. The van der Waals surface area contributed by atoms with Crippen LogP contribution >= 0.6 is 35.3 Å². The maximum atomic E-state index is 4.67. The summed E-state index contributed by atoms with van der Waals surface area (Å²) in [5.74, 6) is 2.27. The minimum absolute atomic E-state index is 0. The van der Waals surface area contributed by atoms with E-state index in [1.165, 1.54) is 12.0 Å². The van der Waals surface area contributed by atoms with Crippen LogP contribution in [0.15, 0.2) is 40.7 Å². The van der Waals surface area contributed by atoms with Gasteiger partial charge in [0, 0.05) is 32.6 Å². The summed E-state index contributed by atoms with van der Waals surface area (Å²) >= 11 is 1.65. The van der Waals surface area contributed by atoms with Gasteiger partial charge in [0.25, 0.3) is 0 Å². The smallest absolute Gasteiger partial charge is 0.191 e. The molecule has 1 fully saturated rings. The van der Waals surface area contributed by atoms with E-state index in [-0.39, 0.29) is 24.0 Å². The number of hydrogen-bond acceptors (Lipinski definition) is 4. The van der Waals surface area contributed by atoms with Crippen molar-refractivity contribution in [1.82, 2.24) is 15.6 Å². The normalized spacial score (nSPS) is 18.8. The number of rotatable bonds is 7. The SMILES string of the molecule is CCNC(=NCc1csc(N(C)C)n1)NCC1CC1c1ccccc1.I. The highest BCUT2D eigenvalue weighted by atomic mass is 127. The molecule has 142 valence electrons. The third-order valence-corrected chi connectivity index (χ3v) is 5.40. The molecule has 1 aliphatic carbocycles. The number of hydrogen-bond donors (Lipinski definition) is 2. The molecule has 2 unspecified atom stereocenters. The topological polar surface area (TPSA) is 52.6 Å². The summed E-state index contributed by atoms with van der Waals surface area (Å²) in [5.41, 5.74) is 2.47. The van der Waals surface area contributed by atoms with Gasteiger partial charge in [-0.3, -0.25) is 0 Å². The standard InChI is InChI=1S/C19H27N5S.HI/c1-4-20-18(22-12-16-13-25-19(23-16)24(2)3)21-11-15-10-17(15)14-8-6-5-7-9-14;/h5-9,13,15,17H,4,10-12H2,1-3H3,(H2,20,21,22);1H. The average molecular weight is 485 g/mol. The molecular weight excluding hydrogens is 457 g/mol. The first-order valence-electron chi connectivity index (χ1n) is 8.86. The van der Waals surface area contributed by atoms with Crippen molar-refractivity contribution < 1.29 is 0 Å². The quantitative estimate of drug-likeness (QED) is 0.357. The number of halogens is 1. The summed E-state index contributed by atoms with van der Waals surface area (Å²) in [6.45, 7) is 4.52. The Morgan fingerprint density at radius 1 is 1.27 bits per heavy atom. The van der Waals surface area contributed by atoms with Crippen molar-refractivity contribution in [3.05, 3.63) is 47.0 Å². The maximum Gasteiger partial charge on any atom is 0.191 e. The van der Waals surface area contributed by atoms with E-state index >= 15 is 0 Å². The number of nitrogens with zero attached hydrogens (tertiary/aromatic N) is 3. The molecule has 2 aromatic rings. The number of anilines is 1. The number of aliphatic imine (C=N–C) groups is 1. The van der Waals surface area contributed by atoms with Crippen LogP contribution < -0.4 is 15.5 Å². The highest BCUT2D eigenvalue weighted by Gasteiger charge is 2.37. The molecule has 0 radical (unpaired) electrons. The molecule has 0 saturated heterocycles. The molecule has 7 heteroatoms. The van der Waals surface area contributed by atoms with Gasteiger partial charge in [-0.25, -0.2) is 9.98 Å². The van der Waals surface area contributed by atoms with Crippen LogP contribution in [0.1, 0.15) is 30.5 Å². The fraction of sp³-hybridized carbons (Fsp3) is 0.474. The van der Waals surface area contributed by atoms with E-state index in [0.717, 1.165) is 29.9 Å². The van der Waals surface area contributed by atoms with E-state index < -0.39 is 0 Å². The van der Waals surface area contributed by atoms with Crippen molar-refractivity contribution in [3.63, 3.8) is 0 Å². The molecule has 3 rings (SSSR count). The number of thiazole rings is 1. The number of aromatic nitrogens is 1. The van der Waals surface area contributed by atoms with E-state index in [0.29, 0.717) is 18.4 Å². The summed E-state index contributed by atoms with van der Waals surface area (Å²) < 4.78 is 0. The first kappa shape index (κ1) is 21.0. The predicted octanol–water partition coefficient (Wildman–Crippen LogP) is 3.69. The molecule has 0 bridgehead atoms. The molecule has 2 N–H and O–H groups in total. The second kappa shape index (κ2) is 10.1. The van der Waals surface area contributed by atoms with Crippen molar-refractivity contribution in [1.29, 1.82) is 0 Å². The molecular formula is C19H28IN5S. The minimum atomic E-state index is 0. The van der Waals surface area contributed by atoms with E-state index in [2.05, 4.69) is 63.2 Å². The van der Waals surface area contributed by atoms with Crippen molar-refractivity contribution in [2.75, 3.05) is 32.1 Å². The van der Waals surface area contributed by atoms with E-state index in [1.807, 2.05) is 19.0 Å². The first-order valence-corrected chi connectivity index (χ1v) is 9.74. The summed E-state index contributed by atoms with van der Waals surface area (Å²) in [6.07, 6.45) is 1.26. The van der Waals surface area contributed by atoms with Gasteiger partial charge in [0.1, 0.15) is 0 Å². The zero-order valence-corrected chi connectivity index (χ0v) is 18.8. The van der Waals surface area contributed by atoms with Crippen molar-refractivity contribution in [3.8, 4) is 0 Å². The predicted molar refractivity (Wildman–Crippen MR) is 122 cm³/mol. The number of benzene rings is 1. The van der Waals surface area contributed by atoms with Crippen LogP contribution in [0.4, 0.5) is 5.13 Å². The Bertz CT molecular complexity index is 701. The van der Waals surface area contributed by atoms with Gasteiger partial charge < -0.3 is 15.5 Å². The van der Waals surface area contributed by atoms with Crippen LogP contribution in [0.25, 0.3) is 0 Å². The van der Waals surface area contributed by atoms with Crippen LogP contribution in [0.5, 0.6) is 0 Å². The summed E-state index contributed by atoms with van der Waals surface area (Å²) in [4.78, 5) is 11.3. The van der Waals surface area contributed by atoms with E-state index in [1.54, 1.807) is 11.3 Å². The lowest BCUT2D eigenvalue weighted by Gasteiger charge is -2.11. The molecule has 1 aromatic carbocycles. The highest BCUT2D eigenvalue weighted by molar-refractivity contribution is 14.0. The molecule has 1 aliphatic rings. The molecule has 0 amide bonds. The van der Waals surface area contributed by atoms with Gasteiger partial charge in [-0.2, -0.15) is 0 Å². The van der Waals surface area contributed by atoms with Gasteiger partial charge >= 0.3 is 0 Å². The summed E-state index contributed by atoms with van der Waals surface area (Å²) in [7, 11) is 4.02. The summed E-state index contributed by atoms with van der Waals surface area (Å²) in [5, 5.41) is 9.91. The first-order chi connectivity index (χ1) is 12.2. The molecule has 26 heavy (non-hydrogen) atoms. The van der Waals surface area contributed by atoms with Crippen LogP contribution in [0, 0.1) is 5.92 Å². The van der Waals surface area contributed by atoms with Crippen LogP contribution in [0.2, 0.25) is 0 Å². The fourth-order valence-electron chi connectivity index (χ4n) is 2.89. The average Bonchev–Trinajstić information content (AvgIpc) is 3.24. The molecule has 1 heterocycles. The molecule has 0 spiro atoms. The van der Waals surface area contributed by atoms with Gasteiger partial charge in [0.2, 0.25) is 0 Å². The highest BCUT2D eigenvalue weighted by Crippen LogP contribution is 2.46. The Morgan fingerprint density at radius 3 is 2.69 bits per heavy atom. The van der Waals surface area contributed by atoms with Gasteiger partial charge in [-0.1, -0.05) is 30.3 Å². The molecule has 1 aromatic heterocycles. The van der Waals surface area contributed by atoms with Crippen LogP contribution in [-0.2, 0) is 6.54 Å². The van der Waals surface area contributed by atoms with Crippen molar-refractivity contribution >= 4 is 46.4 Å². The second-order valence-electron chi connectivity index (χ2n) is 6.60. The molecule has 0 aliphatic heterocycles. The Hall–Kier alpha value is -1.35. The third-order valence-electron chi connectivity index (χ3n) is 4.35. The van der Waals surface area contributed by atoms with E-state index in [4.69, 9.17) is 0 Å². The Labute approximate surface area is 177 Å². The number of nitrogens with one attached hydrogen (secondary N) is 2. The van der Waals surface area contributed by atoms with Crippen LogP contribution in [0.3, 0.4) is 0 Å². The molecule has 1 saturated carbocycles. The zero-order chi connectivity index (χ0) is 17.6. The van der Waals surface area contributed by atoms with E-state index in [9.17, 15) is 0 Å².